The number of nitrogens with zero attached hydrogens (tertiary/aromatic N) is 2. The quantitative estimate of drug-likeness (QED) is 0.346. The molecule has 0 bridgehead atoms. The highest BCUT2D eigenvalue weighted by Crippen LogP contribution is 2.32. The Morgan fingerprint density at radius 2 is 1.90 bits per heavy atom. The number of nitrogens with one attached hydrogen (secondary N) is 1. The van der Waals surface area contributed by atoms with Crippen LogP contribution in [0, 0.1) is 5.82 Å². The zero-order valence-corrected chi connectivity index (χ0v) is 18.3. The molecule has 31 heavy (non-hydrogen) atoms. The second kappa shape index (κ2) is 9.18. The number of halogens is 1. The average molecular weight is 450 g/mol. The van der Waals surface area contributed by atoms with Crippen molar-refractivity contribution in [3.05, 3.63) is 84.8 Å². The zero-order chi connectivity index (χ0) is 21.0. The summed E-state index contributed by atoms with van der Waals surface area (Å²) in [5.41, 5.74) is 3.13. The summed E-state index contributed by atoms with van der Waals surface area (Å²) in [6, 6.07) is 23.3. The molecule has 156 valence electrons. The van der Waals surface area contributed by atoms with E-state index in [0.717, 1.165) is 34.5 Å². The number of pyridine rings is 1. The van der Waals surface area contributed by atoms with Gasteiger partial charge in [-0.1, -0.05) is 24.3 Å². The van der Waals surface area contributed by atoms with Crippen molar-refractivity contribution in [2.24, 2.45) is 0 Å². The molecule has 1 fully saturated rings. The molecule has 0 spiro atoms. The van der Waals surface area contributed by atoms with Gasteiger partial charge in [0.2, 0.25) is 0 Å². The molecule has 0 radical (unpaired) electrons. The molecule has 0 unspecified atom stereocenters. The Hall–Kier alpha value is -2.74. The predicted octanol–water partition coefficient (Wildman–Crippen LogP) is 6.60. The fourth-order valence-corrected chi connectivity index (χ4v) is 4.91. The minimum Gasteiger partial charge on any atom is -0.367 e. The fraction of sp³-hybridized carbons (Fsp3) is 0.125. The minimum absolute atomic E-state index is 0.285. The number of rotatable bonds is 5. The van der Waals surface area contributed by atoms with Crippen LogP contribution in [-0.4, -0.2) is 24.1 Å². The number of benzene rings is 3. The first-order valence-corrected chi connectivity index (χ1v) is 11.7. The van der Waals surface area contributed by atoms with Crippen molar-refractivity contribution in [2.45, 2.75) is 4.90 Å². The van der Waals surface area contributed by atoms with Gasteiger partial charge in [0, 0.05) is 33.4 Å². The van der Waals surface area contributed by atoms with E-state index in [0.29, 0.717) is 17.2 Å². The van der Waals surface area contributed by atoms with Crippen molar-refractivity contribution in [2.75, 3.05) is 28.1 Å². The first kappa shape index (κ1) is 20.2. The average Bonchev–Trinajstić information content (AvgIpc) is 2.84. The lowest BCUT2D eigenvalue weighted by atomic mass is 10.0. The van der Waals surface area contributed by atoms with Gasteiger partial charge in [-0.2, -0.15) is 0 Å². The number of aromatic nitrogens is 1. The van der Waals surface area contributed by atoms with Crippen LogP contribution < -0.4 is 9.03 Å². The van der Waals surface area contributed by atoms with Crippen molar-refractivity contribution < 1.29 is 9.13 Å². The molecule has 0 atom stereocenters. The lowest BCUT2D eigenvalue weighted by Gasteiger charge is -2.27. The molecule has 3 aromatic carbocycles. The van der Waals surface area contributed by atoms with Gasteiger partial charge in [0.25, 0.3) is 0 Å². The monoisotopic (exact) mass is 449 g/mol. The molecule has 2 heterocycles. The van der Waals surface area contributed by atoms with Crippen LogP contribution in [0.25, 0.3) is 22.0 Å². The Labute approximate surface area is 189 Å². The van der Waals surface area contributed by atoms with Crippen molar-refractivity contribution in [3.63, 3.8) is 0 Å². The van der Waals surface area contributed by atoms with Gasteiger partial charge in [0.05, 0.1) is 18.8 Å². The SMILES string of the molecule is Fc1ccc(NSc2ccc(N3CCOCS3)cc2)cc1-c1nccc2ccccc12. The van der Waals surface area contributed by atoms with E-state index in [1.807, 2.05) is 36.4 Å². The molecule has 1 N–H and O–H groups in total. The van der Waals surface area contributed by atoms with E-state index in [2.05, 4.69) is 38.3 Å². The first-order chi connectivity index (χ1) is 15.3. The lowest BCUT2D eigenvalue weighted by molar-refractivity contribution is 0.184. The number of ether oxygens (including phenoxy) is 1. The van der Waals surface area contributed by atoms with E-state index >= 15 is 0 Å². The van der Waals surface area contributed by atoms with Gasteiger partial charge < -0.3 is 13.8 Å². The van der Waals surface area contributed by atoms with E-state index in [9.17, 15) is 4.39 Å². The Balaban J connectivity index is 1.34. The van der Waals surface area contributed by atoms with Crippen molar-refractivity contribution in [1.82, 2.24) is 4.98 Å². The molecular formula is C24H20FN3OS2. The minimum atomic E-state index is -0.285. The third kappa shape index (κ3) is 4.49. The Morgan fingerprint density at radius 3 is 2.74 bits per heavy atom. The largest absolute Gasteiger partial charge is 0.367 e. The Kier molecular flexibility index (Phi) is 5.97. The molecule has 7 heteroatoms. The number of hydrogen-bond donors (Lipinski definition) is 1. The van der Waals surface area contributed by atoms with Crippen LogP contribution in [0.3, 0.4) is 0 Å². The van der Waals surface area contributed by atoms with Crippen LogP contribution in [0.5, 0.6) is 0 Å². The van der Waals surface area contributed by atoms with E-state index in [-0.39, 0.29) is 5.82 Å². The van der Waals surface area contributed by atoms with Gasteiger partial charge >= 0.3 is 0 Å². The summed E-state index contributed by atoms with van der Waals surface area (Å²) >= 11 is 3.18. The van der Waals surface area contributed by atoms with Crippen LogP contribution in [0.4, 0.5) is 15.8 Å². The van der Waals surface area contributed by atoms with Crippen molar-refractivity contribution in [3.8, 4) is 11.3 Å². The first-order valence-electron chi connectivity index (χ1n) is 9.93. The summed E-state index contributed by atoms with van der Waals surface area (Å²) < 4.78 is 25.6. The highest BCUT2D eigenvalue weighted by atomic mass is 32.2. The Bertz CT molecular complexity index is 1190. The summed E-state index contributed by atoms with van der Waals surface area (Å²) in [6.45, 7) is 1.64. The third-order valence-electron chi connectivity index (χ3n) is 5.04. The summed E-state index contributed by atoms with van der Waals surface area (Å²) in [5, 5.41) is 1.98. The van der Waals surface area contributed by atoms with Crippen molar-refractivity contribution in [1.29, 1.82) is 0 Å². The van der Waals surface area contributed by atoms with E-state index in [1.165, 1.54) is 23.7 Å². The molecule has 0 saturated carbocycles. The molecule has 1 aliphatic rings. The molecule has 5 rings (SSSR count). The second-order valence-electron chi connectivity index (χ2n) is 7.03. The molecule has 0 aliphatic carbocycles. The summed E-state index contributed by atoms with van der Waals surface area (Å²) in [4.78, 5) is 5.54. The van der Waals surface area contributed by atoms with Gasteiger partial charge in [0.15, 0.2) is 0 Å². The molecule has 4 aromatic rings. The van der Waals surface area contributed by atoms with E-state index < -0.39 is 0 Å². The fourth-order valence-electron chi connectivity index (χ4n) is 3.48. The summed E-state index contributed by atoms with van der Waals surface area (Å²) in [7, 11) is 0. The maximum atomic E-state index is 14.7. The molecule has 1 aromatic heterocycles. The van der Waals surface area contributed by atoms with E-state index in [1.54, 1.807) is 24.2 Å². The van der Waals surface area contributed by atoms with E-state index in [4.69, 9.17) is 4.74 Å². The molecule has 1 aliphatic heterocycles. The molecule has 1 saturated heterocycles. The Morgan fingerprint density at radius 1 is 1.03 bits per heavy atom. The molecular weight excluding hydrogens is 429 g/mol. The normalized spacial score (nSPS) is 14.0. The van der Waals surface area contributed by atoms with Crippen LogP contribution in [-0.2, 0) is 4.74 Å². The third-order valence-corrected chi connectivity index (χ3v) is 6.86. The highest BCUT2D eigenvalue weighted by Gasteiger charge is 2.13. The number of anilines is 2. The van der Waals surface area contributed by atoms with Crippen LogP contribution in [0.2, 0.25) is 0 Å². The number of fused-ring (bicyclic) bond motifs is 1. The maximum absolute atomic E-state index is 14.7. The maximum Gasteiger partial charge on any atom is 0.132 e. The van der Waals surface area contributed by atoms with Crippen LogP contribution in [0.15, 0.2) is 83.9 Å². The van der Waals surface area contributed by atoms with Crippen LogP contribution in [0.1, 0.15) is 0 Å². The summed E-state index contributed by atoms with van der Waals surface area (Å²) in [6.07, 6.45) is 1.72. The predicted molar refractivity (Wildman–Crippen MR) is 129 cm³/mol. The van der Waals surface area contributed by atoms with Gasteiger partial charge in [-0.25, -0.2) is 4.39 Å². The molecule has 4 nitrogen and oxygen atoms in total. The van der Waals surface area contributed by atoms with Crippen molar-refractivity contribution >= 4 is 46.0 Å². The smallest absolute Gasteiger partial charge is 0.132 e. The van der Waals surface area contributed by atoms with Gasteiger partial charge in [-0.3, -0.25) is 4.98 Å². The van der Waals surface area contributed by atoms with Gasteiger partial charge in [0.1, 0.15) is 11.8 Å². The number of hydrogen-bond acceptors (Lipinski definition) is 6. The highest BCUT2D eigenvalue weighted by molar-refractivity contribution is 8.00. The molecule has 0 amide bonds. The van der Waals surface area contributed by atoms with Gasteiger partial charge in [-0.15, -0.1) is 0 Å². The topological polar surface area (TPSA) is 37.4 Å². The lowest BCUT2D eigenvalue weighted by Crippen LogP contribution is -2.26. The van der Waals surface area contributed by atoms with Crippen LogP contribution >= 0.6 is 23.9 Å². The summed E-state index contributed by atoms with van der Waals surface area (Å²) in [5.74, 6) is 0.406. The second-order valence-corrected chi connectivity index (χ2v) is 8.84. The standard InChI is InChI=1S/C24H20FN3OS2/c25-23-10-5-18(15-22(23)24-21-4-2-1-3-17(21)11-12-26-24)27-31-20-8-6-19(7-9-20)28-13-14-29-16-30-28/h1-12,15,27H,13-14,16H2. The van der Waals surface area contributed by atoms with Gasteiger partial charge in [-0.05, 0) is 77.8 Å². The zero-order valence-electron chi connectivity index (χ0n) is 16.6.